The minimum absolute atomic E-state index is 0.0820. The molecule has 20 heavy (non-hydrogen) atoms. The van der Waals surface area contributed by atoms with Gasteiger partial charge in [-0.05, 0) is 31.5 Å². The quantitative estimate of drug-likeness (QED) is 0.874. The van der Waals surface area contributed by atoms with Gasteiger partial charge in [0.15, 0.2) is 11.5 Å². The third kappa shape index (κ3) is 3.55. The Morgan fingerprint density at radius 3 is 2.95 bits per heavy atom. The van der Waals surface area contributed by atoms with Crippen LogP contribution in [0.4, 0.5) is 0 Å². The number of methoxy groups -OCH3 is 1. The molecule has 1 heterocycles. The van der Waals surface area contributed by atoms with Crippen LogP contribution < -0.4 is 14.8 Å². The van der Waals surface area contributed by atoms with Crippen LogP contribution in [0.1, 0.15) is 23.2 Å². The fraction of sp³-hybridized carbons (Fsp3) is 0.500. The van der Waals surface area contributed by atoms with Crippen LogP contribution in [0.3, 0.4) is 0 Å². The first kappa shape index (κ1) is 14.9. The molecule has 1 unspecified atom stereocenters. The van der Waals surface area contributed by atoms with E-state index in [1.807, 2.05) is 0 Å². The fourth-order valence-electron chi connectivity index (χ4n) is 2.25. The molecule has 0 radical (unpaired) electrons. The third-order valence-electron chi connectivity index (χ3n) is 3.34. The van der Waals surface area contributed by atoms with Crippen molar-refractivity contribution < 1.29 is 19.4 Å². The van der Waals surface area contributed by atoms with Crippen LogP contribution in [0, 0.1) is 5.92 Å². The lowest BCUT2D eigenvalue weighted by Crippen LogP contribution is -2.33. The number of piperidine rings is 1. The highest BCUT2D eigenvalue weighted by Gasteiger charge is 2.18. The van der Waals surface area contributed by atoms with E-state index in [4.69, 9.17) is 26.2 Å². The summed E-state index contributed by atoms with van der Waals surface area (Å²) in [6.45, 7) is 2.51. The van der Waals surface area contributed by atoms with Crippen molar-refractivity contribution in [3.05, 3.63) is 22.7 Å². The number of benzene rings is 1. The first-order valence-corrected chi connectivity index (χ1v) is 6.94. The summed E-state index contributed by atoms with van der Waals surface area (Å²) in [5.74, 6) is 0.139. The molecule has 1 saturated heterocycles. The molecular weight excluding hydrogens is 282 g/mol. The summed E-state index contributed by atoms with van der Waals surface area (Å²) in [6.07, 6.45) is 2.25. The van der Waals surface area contributed by atoms with Crippen molar-refractivity contribution in [2.24, 2.45) is 5.92 Å². The van der Waals surface area contributed by atoms with Gasteiger partial charge in [0.1, 0.15) is 0 Å². The van der Waals surface area contributed by atoms with Crippen molar-refractivity contribution >= 4 is 17.6 Å². The van der Waals surface area contributed by atoms with Crippen LogP contribution in [0.15, 0.2) is 12.1 Å². The summed E-state index contributed by atoms with van der Waals surface area (Å²) < 4.78 is 10.9. The van der Waals surface area contributed by atoms with Crippen LogP contribution in [0.2, 0.25) is 5.02 Å². The molecule has 1 atom stereocenters. The molecule has 0 aliphatic carbocycles. The Morgan fingerprint density at radius 2 is 2.35 bits per heavy atom. The molecule has 5 nitrogen and oxygen atoms in total. The molecule has 0 saturated carbocycles. The summed E-state index contributed by atoms with van der Waals surface area (Å²) >= 11 is 6.09. The van der Waals surface area contributed by atoms with Crippen molar-refractivity contribution in [1.82, 2.24) is 5.32 Å². The Kier molecular flexibility index (Phi) is 5.09. The van der Waals surface area contributed by atoms with Gasteiger partial charge in [-0.1, -0.05) is 11.6 Å². The van der Waals surface area contributed by atoms with Gasteiger partial charge in [0.05, 0.1) is 24.3 Å². The maximum atomic E-state index is 11.0. The summed E-state index contributed by atoms with van der Waals surface area (Å²) in [5.41, 5.74) is 0.0820. The van der Waals surface area contributed by atoms with Crippen LogP contribution in [0.25, 0.3) is 0 Å². The first-order valence-electron chi connectivity index (χ1n) is 6.56. The van der Waals surface area contributed by atoms with E-state index >= 15 is 0 Å². The second-order valence-electron chi connectivity index (χ2n) is 4.82. The number of carboxylic acid groups (broad SMARTS) is 1. The molecule has 2 N–H and O–H groups in total. The normalized spacial score (nSPS) is 18.6. The molecule has 1 aromatic carbocycles. The largest absolute Gasteiger partial charge is 0.493 e. The SMILES string of the molecule is COc1cc(C(=O)O)cc(Cl)c1OCC1CCCNC1. The standard InChI is InChI=1S/C14H18ClNO4/c1-19-12-6-10(14(17)18)5-11(15)13(12)20-8-9-3-2-4-16-7-9/h5-6,9,16H,2-4,7-8H2,1H3,(H,17,18). The second kappa shape index (κ2) is 6.81. The maximum Gasteiger partial charge on any atom is 0.335 e. The van der Waals surface area contributed by atoms with Crippen LogP contribution in [0.5, 0.6) is 11.5 Å². The van der Waals surface area contributed by atoms with E-state index in [2.05, 4.69) is 5.32 Å². The first-order chi connectivity index (χ1) is 9.61. The molecule has 0 bridgehead atoms. The van der Waals surface area contributed by atoms with Gasteiger partial charge in [0.25, 0.3) is 0 Å². The predicted molar refractivity (Wildman–Crippen MR) is 76.1 cm³/mol. The Bertz CT molecular complexity index is 486. The van der Waals surface area contributed by atoms with Gasteiger partial charge < -0.3 is 19.9 Å². The molecule has 0 aromatic heterocycles. The average Bonchev–Trinajstić information content (AvgIpc) is 2.46. The van der Waals surface area contributed by atoms with Gasteiger partial charge in [-0.25, -0.2) is 4.79 Å². The molecule has 1 aliphatic rings. The van der Waals surface area contributed by atoms with E-state index in [0.717, 1.165) is 25.9 Å². The third-order valence-corrected chi connectivity index (χ3v) is 3.62. The van der Waals surface area contributed by atoms with E-state index in [9.17, 15) is 4.79 Å². The van der Waals surface area contributed by atoms with Crippen molar-refractivity contribution in [2.75, 3.05) is 26.8 Å². The van der Waals surface area contributed by atoms with Crippen molar-refractivity contribution in [3.8, 4) is 11.5 Å². The molecule has 2 rings (SSSR count). The second-order valence-corrected chi connectivity index (χ2v) is 5.23. The minimum atomic E-state index is -1.05. The lowest BCUT2D eigenvalue weighted by Gasteiger charge is -2.23. The predicted octanol–water partition coefficient (Wildman–Crippen LogP) is 2.43. The summed E-state index contributed by atoms with van der Waals surface area (Å²) in [7, 11) is 1.46. The highest BCUT2D eigenvalue weighted by atomic mass is 35.5. The van der Waals surface area contributed by atoms with E-state index in [1.54, 1.807) is 0 Å². The molecule has 1 fully saturated rings. The van der Waals surface area contributed by atoms with E-state index in [0.29, 0.717) is 24.0 Å². The van der Waals surface area contributed by atoms with E-state index < -0.39 is 5.97 Å². The zero-order valence-corrected chi connectivity index (χ0v) is 12.1. The van der Waals surface area contributed by atoms with Gasteiger partial charge in [0, 0.05) is 12.5 Å². The van der Waals surface area contributed by atoms with Gasteiger partial charge in [-0.15, -0.1) is 0 Å². The number of aromatic carboxylic acids is 1. The smallest absolute Gasteiger partial charge is 0.335 e. The van der Waals surface area contributed by atoms with Crippen LogP contribution in [-0.4, -0.2) is 37.9 Å². The molecule has 0 amide bonds. The Balaban J connectivity index is 2.11. The van der Waals surface area contributed by atoms with Crippen LogP contribution >= 0.6 is 11.6 Å². The Labute approximate surface area is 122 Å². The lowest BCUT2D eigenvalue weighted by molar-refractivity contribution is 0.0696. The summed E-state index contributed by atoms with van der Waals surface area (Å²) in [4.78, 5) is 11.0. The fourth-order valence-corrected chi connectivity index (χ4v) is 2.52. The van der Waals surface area contributed by atoms with Gasteiger partial charge in [-0.2, -0.15) is 0 Å². The number of ether oxygens (including phenoxy) is 2. The van der Waals surface area contributed by atoms with Gasteiger partial charge in [0.2, 0.25) is 0 Å². The van der Waals surface area contributed by atoms with Crippen LogP contribution in [-0.2, 0) is 0 Å². The summed E-state index contributed by atoms with van der Waals surface area (Å²) in [5, 5.41) is 12.6. The van der Waals surface area contributed by atoms with Crippen molar-refractivity contribution in [2.45, 2.75) is 12.8 Å². The molecule has 1 aromatic rings. The molecule has 0 spiro atoms. The zero-order chi connectivity index (χ0) is 14.5. The number of halogens is 1. The van der Waals surface area contributed by atoms with E-state index in [-0.39, 0.29) is 10.6 Å². The Morgan fingerprint density at radius 1 is 1.55 bits per heavy atom. The van der Waals surface area contributed by atoms with E-state index in [1.165, 1.54) is 19.2 Å². The number of nitrogens with one attached hydrogen (secondary N) is 1. The Hall–Kier alpha value is -1.46. The molecule has 6 heteroatoms. The monoisotopic (exact) mass is 299 g/mol. The van der Waals surface area contributed by atoms with Gasteiger partial charge in [-0.3, -0.25) is 0 Å². The summed E-state index contributed by atoms with van der Waals surface area (Å²) in [6, 6.07) is 2.80. The topological polar surface area (TPSA) is 67.8 Å². The number of carbonyl (C=O) groups is 1. The number of hydrogen-bond donors (Lipinski definition) is 2. The lowest BCUT2D eigenvalue weighted by atomic mass is 10.0. The molecule has 110 valence electrons. The zero-order valence-electron chi connectivity index (χ0n) is 11.3. The molecule has 1 aliphatic heterocycles. The highest BCUT2D eigenvalue weighted by molar-refractivity contribution is 6.32. The highest BCUT2D eigenvalue weighted by Crippen LogP contribution is 2.36. The van der Waals surface area contributed by atoms with Gasteiger partial charge >= 0.3 is 5.97 Å². The number of rotatable bonds is 5. The minimum Gasteiger partial charge on any atom is -0.493 e. The number of hydrogen-bond acceptors (Lipinski definition) is 4. The van der Waals surface area contributed by atoms with Crippen molar-refractivity contribution in [3.63, 3.8) is 0 Å². The van der Waals surface area contributed by atoms with Crippen molar-refractivity contribution in [1.29, 1.82) is 0 Å². The number of carboxylic acids is 1. The maximum absolute atomic E-state index is 11.0. The average molecular weight is 300 g/mol. The molecular formula is C14H18ClNO4.